The van der Waals surface area contributed by atoms with Gasteiger partial charge >= 0.3 is 0 Å². The number of hydrogen-bond donors (Lipinski definition) is 4. The van der Waals surface area contributed by atoms with Gasteiger partial charge in [-0.15, -0.1) is 0 Å². The number of carbonyl (C=O) groups excluding carboxylic acids is 1. The summed E-state index contributed by atoms with van der Waals surface area (Å²) in [5, 5.41) is 10.3. The number of nitrogens with zero attached hydrogens (tertiary/aromatic N) is 4. The molecule has 0 atom stereocenters. The quantitative estimate of drug-likeness (QED) is 0.182. The third-order valence-electron chi connectivity index (χ3n) is 7.11. The van der Waals surface area contributed by atoms with Crippen LogP contribution in [0.2, 0.25) is 0 Å². The summed E-state index contributed by atoms with van der Waals surface area (Å²) in [6.07, 6.45) is 3.83. The molecule has 0 unspecified atom stereocenters. The highest BCUT2D eigenvalue weighted by Crippen LogP contribution is 2.26. The first-order chi connectivity index (χ1) is 20.3. The van der Waals surface area contributed by atoms with Gasteiger partial charge in [0.05, 0.1) is 30.5 Å². The number of para-hydroxylation sites is 1. The molecular weight excluding hydrogens is 556 g/mol. The van der Waals surface area contributed by atoms with Gasteiger partial charge in [0.15, 0.2) is 0 Å². The monoisotopic (exact) mass is 592 g/mol. The Balaban J connectivity index is 1.25. The molecule has 222 valence electrons. The molecule has 1 amide bonds. The number of anilines is 4. The largest absolute Gasteiger partial charge is 0.379 e. The summed E-state index contributed by atoms with van der Waals surface area (Å²) in [4.78, 5) is 27.5. The highest BCUT2D eigenvalue weighted by molar-refractivity contribution is 7.92. The molecule has 2 aromatic carbocycles. The maximum absolute atomic E-state index is 12.8. The minimum atomic E-state index is -3.42. The molecular formula is C29H36N8O4S. The average Bonchev–Trinajstić information content (AvgIpc) is 3.47. The maximum Gasteiger partial charge on any atom is 0.251 e. The summed E-state index contributed by atoms with van der Waals surface area (Å²) in [6, 6.07) is 16.4. The number of rotatable bonds is 12. The van der Waals surface area contributed by atoms with Crippen LogP contribution >= 0.6 is 0 Å². The summed E-state index contributed by atoms with van der Waals surface area (Å²) in [7, 11) is -1.89. The number of sulfonamides is 1. The van der Waals surface area contributed by atoms with Crippen molar-refractivity contribution in [3.8, 4) is 0 Å². The minimum Gasteiger partial charge on any atom is -0.379 e. The van der Waals surface area contributed by atoms with Crippen molar-refractivity contribution in [1.29, 1.82) is 0 Å². The number of benzene rings is 2. The fourth-order valence-electron chi connectivity index (χ4n) is 4.76. The molecule has 0 radical (unpaired) electrons. The Morgan fingerprint density at radius 3 is 2.71 bits per heavy atom. The number of hydrogen-bond acceptors (Lipinski definition) is 9. The number of amides is 1. The highest BCUT2D eigenvalue weighted by Gasteiger charge is 2.17. The van der Waals surface area contributed by atoms with E-state index in [2.05, 4.69) is 35.8 Å². The van der Waals surface area contributed by atoms with E-state index in [-0.39, 0.29) is 5.91 Å². The lowest BCUT2D eigenvalue weighted by molar-refractivity contribution is 0.0374. The molecule has 1 fully saturated rings. The van der Waals surface area contributed by atoms with Gasteiger partial charge in [0.1, 0.15) is 11.5 Å². The van der Waals surface area contributed by atoms with Crippen molar-refractivity contribution < 1.29 is 17.9 Å². The van der Waals surface area contributed by atoms with E-state index < -0.39 is 10.0 Å². The molecule has 42 heavy (non-hydrogen) atoms. The Morgan fingerprint density at radius 2 is 1.90 bits per heavy atom. The van der Waals surface area contributed by atoms with Gasteiger partial charge in [0, 0.05) is 50.7 Å². The van der Waals surface area contributed by atoms with Crippen LogP contribution < -0.4 is 20.3 Å². The van der Waals surface area contributed by atoms with E-state index in [1.807, 2.05) is 30.3 Å². The second-order valence-corrected chi connectivity index (χ2v) is 12.1. The van der Waals surface area contributed by atoms with Gasteiger partial charge in [-0.2, -0.15) is 9.97 Å². The number of ether oxygens (including phenoxy) is 1. The van der Waals surface area contributed by atoms with Gasteiger partial charge in [0.2, 0.25) is 16.0 Å². The average molecular weight is 593 g/mol. The smallest absolute Gasteiger partial charge is 0.251 e. The van der Waals surface area contributed by atoms with Crippen LogP contribution in [0.1, 0.15) is 22.3 Å². The zero-order valence-electron chi connectivity index (χ0n) is 23.8. The third-order valence-corrected chi connectivity index (χ3v) is 8.30. The van der Waals surface area contributed by atoms with Gasteiger partial charge in [-0.1, -0.05) is 24.3 Å². The molecule has 1 saturated heterocycles. The third kappa shape index (κ3) is 7.35. The van der Waals surface area contributed by atoms with E-state index in [1.54, 1.807) is 30.5 Å². The lowest BCUT2D eigenvalue weighted by atomic mass is 10.1. The molecule has 4 aromatic rings. The van der Waals surface area contributed by atoms with Crippen LogP contribution in [0.25, 0.3) is 11.0 Å². The molecule has 1 aliphatic heterocycles. The Morgan fingerprint density at radius 1 is 1.10 bits per heavy atom. The van der Waals surface area contributed by atoms with E-state index in [0.717, 1.165) is 50.2 Å². The fourth-order valence-corrected chi connectivity index (χ4v) is 5.29. The molecule has 12 nitrogen and oxygen atoms in total. The predicted molar refractivity (Wildman–Crippen MR) is 165 cm³/mol. The van der Waals surface area contributed by atoms with Crippen LogP contribution in [0.4, 0.5) is 23.1 Å². The Labute approximate surface area is 245 Å². The summed E-state index contributed by atoms with van der Waals surface area (Å²) in [5.74, 6) is 0.785. The van der Waals surface area contributed by atoms with E-state index >= 15 is 0 Å². The van der Waals surface area contributed by atoms with Crippen molar-refractivity contribution in [1.82, 2.24) is 25.2 Å². The van der Waals surface area contributed by atoms with Crippen molar-refractivity contribution in [2.24, 2.45) is 0 Å². The molecule has 3 heterocycles. The van der Waals surface area contributed by atoms with Crippen molar-refractivity contribution >= 4 is 50.1 Å². The topological polar surface area (TPSA) is 145 Å². The van der Waals surface area contributed by atoms with Gasteiger partial charge in [0.25, 0.3) is 5.91 Å². The second kappa shape index (κ2) is 13.2. The van der Waals surface area contributed by atoms with Gasteiger partial charge < -0.3 is 25.7 Å². The molecule has 0 spiro atoms. The number of nitrogens with one attached hydrogen (secondary N) is 4. The first-order valence-electron chi connectivity index (χ1n) is 13.8. The fraction of sp³-hybridized carbons (Fsp3) is 0.345. The number of fused-ring (bicyclic) bond motifs is 1. The maximum atomic E-state index is 12.8. The molecule has 0 saturated carbocycles. The Kier molecular flexibility index (Phi) is 9.20. The van der Waals surface area contributed by atoms with Crippen LogP contribution in [0.3, 0.4) is 0 Å². The molecule has 0 aliphatic carbocycles. The van der Waals surface area contributed by atoms with Crippen LogP contribution in [0, 0.1) is 0 Å². The summed E-state index contributed by atoms with van der Waals surface area (Å²) in [6.45, 7) is 5.27. The molecule has 1 aliphatic rings. The van der Waals surface area contributed by atoms with Crippen LogP contribution in [-0.4, -0.2) is 86.9 Å². The lowest BCUT2D eigenvalue weighted by Crippen LogP contribution is -2.38. The first kappa shape index (κ1) is 29.3. The van der Waals surface area contributed by atoms with Crippen molar-refractivity contribution in [3.05, 3.63) is 71.9 Å². The second-order valence-electron chi connectivity index (χ2n) is 10.1. The molecule has 0 bridgehead atoms. The van der Waals surface area contributed by atoms with Crippen molar-refractivity contribution in [2.75, 3.05) is 67.6 Å². The van der Waals surface area contributed by atoms with Crippen molar-refractivity contribution in [3.63, 3.8) is 0 Å². The van der Waals surface area contributed by atoms with Crippen LogP contribution in [0.5, 0.6) is 0 Å². The number of H-pyrrole nitrogens is 1. The van der Waals surface area contributed by atoms with Gasteiger partial charge in [-0.3, -0.25) is 14.0 Å². The highest BCUT2D eigenvalue weighted by atomic mass is 32.2. The van der Waals surface area contributed by atoms with E-state index in [1.165, 1.54) is 17.6 Å². The van der Waals surface area contributed by atoms with E-state index in [9.17, 15) is 13.2 Å². The van der Waals surface area contributed by atoms with E-state index in [0.29, 0.717) is 47.4 Å². The SMILES string of the molecule is CN(c1ccccc1CNc1nc(Nc2cccc(C(=O)NCCCN3CCOCC3)c2)nc2[nH]ccc12)S(C)(=O)=O. The zero-order valence-corrected chi connectivity index (χ0v) is 24.6. The number of carbonyl (C=O) groups is 1. The molecule has 4 N–H and O–H groups in total. The van der Waals surface area contributed by atoms with E-state index in [4.69, 9.17) is 4.74 Å². The summed E-state index contributed by atoms with van der Waals surface area (Å²) < 4.78 is 30.9. The van der Waals surface area contributed by atoms with Gasteiger partial charge in [-0.25, -0.2) is 8.42 Å². The summed E-state index contributed by atoms with van der Waals surface area (Å²) in [5.41, 5.74) is 3.23. The minimum absolute atomic E-state index is 0.138. The lowest BCUT2D eigenvalue weighted by Gasteiger charge is -2.26. The molecule has 2 aromatic heterocycles. The number of aromatic amines is 1. The zero-order chi connectivity index (χ0) is 29.5. The Hall–Kier alpha value is -4.20. The predicted octanol–water partition coefficient (Wildman–Crippen LogP) is 3.16. The normalized spacial score (nSPS) is 14.0. The van der Waals surface area contributed by atoms with Crippen LogP contribution in [-0.2, 0) is 21.3 Å². The van der Waals surface area contributed by atoms with Crippen LogP contribution in [0.15, 0.2) is 60.8 Å². The summed E-state index contributed by atoms with van der Waals surface area (Å²) >= 11 is 0. The number of morpholine rings is 1. The Bertz CT molecular complexity index is 1640. The molecule has 13 heteroatoms. The molecule has 5 rings (SSSR count). The number of aromatic nitrogens is 3. The first-order valence-corrected chi connectivity index (χ1v) is 15.7. The van der Waals surface area contributed by atoms with Crippen molar-refractivity contribution in [2.45, 2.75) is 13.0 Å². The van der Waals surface area contributed by atoms with Gasteiger partial charge in [-0.05, 0) is 48.9 Å². The standard InChI is InChI=1S/C29H36N8O4S/c1-36(42(2,39)40)25-10-4-3-7-22(25)20-32-27-24-11-13-30-26(24)34-29(35-27)33-23-9-5-8-21(19-23)28(38)31-12-6-14-37-15-17-41-18-16-37/h3-5,7-11,13,19H,6,12,14-18,20H2,1-2H3,(H,31,38)(H3,30,32,33,34,35).